The van der Waals surface area contributed by atoms with Crippen LogP contribution in [0.4, 0.5) is 0 Å². The molecule has 0 heterocycles. The second kappa shape index (κ2) is 13.5. The van der Waals surface area contributed by atoms with Crippen LogP contribution in [0.15, 0.2) is 24.3 Å². The molecule has 0 amide bonds. The summed E-state index contributed by atoms with van der Waals surface area (Å²) in [6, 6.07) is 0. The van der Waals surface area contributed by atoms with Crippen LogP contribution in [0.5, 0.6) is 0 Å². The highest BCUT2D eigenvalue weighted by Crippen LogP contribution is 2.03. The lowest BCUT2D eigenvalue weighted by atomic mass is 10.1. The Kier molecular flexibility index (Phi) is 13.0. The summed E-state index contributed by atoms with van der Waals surface area (Å²) in [5.74, 6) is 0. The molecule has 0 fully saturated rings. The van der Waals surface area contributed by atoms with Crippen LogP contribution in [-0.2, 0) is 0 Å². The van der Waals surface area contributed by atoms with Gasteiger partial charge in [0.15, 0.2) is 0 Å². The molecule has 0 aromatic rings. The van der Waals surface area contributed by atoms with Crippen LogP contribution in [0.2, 0.25) is 0 Å². The van der Waals surface area contributed by atoms with Gasteiger partial charge in [0.1, 0.15) is 0 Å². The van der Waals surface area contributed by atoms with E-state index >= 15 is 0 Å². The molecule has 0 spiro atoms. The van der Waals surface area contributed by atoms with Gasteiger partial charge < -0.3 is 0 Å². The van der Waals surface area contributed by atoms with E-state index in [9.17, 15) is 0 Å². The minimum Gasteiger partial charge on any atom is -0.0845 e. The quantitative estimate of drug-likeness (QED) is 0.321. The zero-order valence-electron chi connectivity index (χ0n) is 10.7. The van der Waals surface area contributed by atoms with E-state index in [-0.39, 0.29) is 0 Å². The lowest BCUT2D eigenvalue weighted by Gasteiger charge is -1.93. The van der Waals surface area contributed by atoms with Crippen LogP contribution in [-0.4, -0.2) is 0 Å². The van der Waals surface area contributed by atoms with E-state index in [4.69, 9.17) is 0 Å². The summed E-state index contributed by atoms with van der Waals surface area (Å²) in [6.07, 6.45) is 21.0. The molecule has 15 heavy (non-hydrogen) atoms. The van der Waals surface area contributed by atoms with E-state index in [0.29, 0.717) is 0 Å². The minimum absolute atomic E-state index is 1.24. The molecule has 0 radical (unpaired) electrons. The first-order chi connectivity index (χ1) is 7.41. The largest absolute Gasteiger partial charge is 0.0845 e. The molecule has 0 bridgehead atoms. The Morgan fingerprint density at radius 1 is 0.600 bits per heavy atom. The van der Waals surface area contributed by atoms with Gasteiger partial charge in [-0.1, -0.05) is 70.3 Å². The Labute approximate surface area is 96.5 Å². The van der Waals surface area contributed by atoms with Gasteiger partial charge in [-0.05, 0) is 25.7 Å². The second-order valence-corrected chi connectivity index (χ2v) is 4.20. The Balaban J connectivity index is 3.15. The van der Waals surface area contributed by atoms with E-state index < -0.39 is 0 Å². The molecule has 0 rings (SSSR count). The van der Waals surface area contributed by atoms with Crippen molar-refractivity contribution in [3.63, 3.8) is 0 Å². The lowest BCUT2D eigenvalue weighted by molar-refractivity contribution is 0.674. The Morgan fingerprint density at radius 2 is 1.07 bits per heavy atom. The van der Waals surface area contributed by atoms with Crippen molar-refractivity contribution in [2.45, 2.75) is 71.6 Å². The SMILES string of the molecule is CCCCC/C=C/C=C/CCCCCC. The summed E-state index contributed by atoms with van der Waals surface area (Å²) in [4.78, 5) is 0. The average Bonchev–Trinajstić information content (AvgIpc) is 2.26. The van der Waals surface area contributed by atoms with Crippen molar-refractivity contribution >= 4 is 0 Å². The molecule has 0 aliphatic carbocycles. The van der Waals surface area contributed by atoms with E-state index in [2.05, 4.69) is 38.2 Å². The molecule has 0 aliphatic heterocycles. The summed E-state index contributed by atoms with van der Waals surface area (Å²) in [5.41, 5.74) is 0. The molecule has 0 unspecified atom stereocenters. The molecule has 0 aromatic heterocycles. The maximum atomic E-state index is 2.30. The normalized spacial score (nSPS) is 11.9. The predicted molar refractivity (Wildman–Crippen MR) is 71.2 cm³/mol. The number of hydrogen-bond donors (Lipinski definition) is 0. The predicted octanol–water partition coefficient (Wildman–Crippen LogP) is 5.65. The Hall–Kier alpha value is -0.520. The highest BCUT2D eigenvalue weighted by Gasteiger charge is 1.83. The van der Waals surface area contributed by atoms with Crippen molar-refractivity contribution in [2.75, 3.05) is 0 Å². The minimum atomic E-state index is 1.24. The molecule has 0 aliphatic rings. The molecular weight excluding hydrogens is 180 g/mol. The van der Waals surface area contributed by atoms with Crippen LogP contribution in [0, 0.1) is 0 Å². The van der Waals surface area contributed by atoms with Crippen LogP contribution in [0.3, 0.4) is 0 Å². The van der Waals surface area contributed by atoms with Gasteiger partial charge in [-0.15, -0.1) is 0 Å². The van der Waals surface area contributed by atoms with Crippen molar-refractivity contribution in [3.05, 3.63) is 24.3 Å². The standard InChI is InChI=1S/C15H28/c1-3-5-7-9-11-13-15-14-12-10-8-6-4-2/h11,13-15H,3-10,12H2,1-2H3/b13-11+,15-14+. The third-order valence-corrected chi connectivity index (χ3v) is 2.58. The van der Waals surface area contributed by atoms with Crippen LogP contribution < -0.4 is 0 Å². The van der Waals surface area contributed by atoms with E-state index in [0.717, 1.165) is 0 Å². The van der Waals surface area contributed by atoms with Crippen molar-refractivity contribution in [1.82, 2.24) is 0 Å². The molecular formula is C15H28. The third-order valence-electron chi connectivity index (χ3n) is 2.58. The molecule has 0 heteroatoms. The van der Waals surface area contributed by atoms with Gasteiger partial charge in [-0.3, -0.25) is 0 Å². The molecule has 0 nitrogen and oxygen atoms in total. The number of unbranched alkanes of at least 4 members (excludes halogenated alkanes) is 7. The zero-order valence-corrected chi connectivity index (χ0v) is 10.7. The van der Waals surface area contributed by atoms with Crippen LogP contribution in [0.1, 0.15) is 71.6 Å². The molecule has 0 atom stereocenters. The monoisotopic (exact) mass is 208 g/mol. The van der Waals surface area contributed by atoms with Gasteiger partial charge in [0.25, 0.3) is 0 Å². The van der Waals surface area contributed by atoms with E-state index in [1.807, 2.05) is 0 Å². The Bertz CT molecular complexity index is 153. The van der Waals surface area contributed by atoms with E-state index in [1.54, 1.807) is 0 Å². The third kappa shape index (κ3) is 13.5. The molecule has 88 valence electrons. The first kappa shape index (κ1) is 14.5. The van der Waals surface area contributed by atoms with E-state index in [1.165, 1.54) is 57.8 Å². The highest BCUT2D eigenvalue weighted by atomic mass is 13.9. The summed E-state index contributed by atoms with van der Waals surface area (Å²) in [5, 5.41) is 0. The number of allylic oxidation sites excluding steroid dienone is 4. The van der Waals surface area contributed by atoms with Gasteiger partial charge in [0, 0.05) is 0 Å². The fourth-order valence-electron chi connectivity index (χ4n) is 1.55. The molecule has 0 N–H and O–H groups in total. The second-order valence-electron chi connectivity index (χ2n) is 4.20. The fourth-order valence-corrected chi connectivity index (χ4v) is 1.55. The van der Waals surface area contributed by atoms with Gasteiger partial charge in [0.05, 0.1) is 0 Å². The first-order valence-corrected chi connectivity index (χ1v) is 6.73. The summed E-state index contributed by atoms with van der Waals surface area (Å²) in [7, 11) is 0. The number of rotatable bonds is 10. The van der Waals surface area contributed by atoms with Crippen LogP contribution in [0.25, 0.3) is 0 Å². The fraction of sp³-hybridized carbons (Fsp3) is 0.733. The van der Waals surface area contributed by atoms with Gasteiger partial charge >= 0.3 is 0 Å². The molecule has 0 saturated carbocycles. The average molecular weight is 208 g/mol. The lowest BCUT2D eigenvalue weighted by Crippen LogP contribution is -1.73. The van der Waals surface area contributed by atoms with Crippen molar-refractivity contribution in [3.8, 4) is 0 Å². The zero-order chi connectivity index (χ0) is 11.2. The van der Waals surface area contributed by atoms with Gasteiger partial charge in [-0.25, -0.2) is 0 Å². The highest BCUT2D eigenvalue weighted by molar-refractivity contribution is 5.02. The number of hydrogen-bond acceptors (Lipinski definition) is 0. The van der Waals surface area contributed by atoms with Crippen molar-refractivity contribution in [2.24, 2.45) is 0 Å². The van der Waals surface area contributed by atoms with Crippen molar-refractivity contribution in [1.29, 1.82) is 0 Å². The van der Waals surface area contributed by atoms with Gasteiger partial charge in [-0.2, -0.15) is 0 Å². The molecule has 0 aromatic carbocycles. The first-order valence-electron chi connectivity index (χ1n) is 6.73. The summed E-state index contributed by atoms with van der Waals surface area (Å²) >= 11 is 0. The molecule has 0 saturated heterocycles. The van der Waals surface area contributed by atoms with Gasteiger partial charge in [0.2, 0.25) is 0 Å². The van der Waals surface area contributed by atoms with Crippen LogP contribution >= 0.6 is 0 Å². The smallest absolute Gasteiger partial charge is 0.0348 e. The summed E-state index contributed by atoms with van der Waals surface area (Å²) in [6.45, 7) is 4.51. The maximum Gasteiger partial charge on any atom is -0.0348 e. The maximum absolute atomic E-state index is 2.30. The Morgan fingerprint density at radius 3 is 1.60 bits per heavy atom. The van der Waals surface area contributed by atoms with Crippen molar-refractivity contribution < 1.29 is 0 Å². The topological polar surface area (TPSA) is 0 Å². The summed E-state index contributed by atoms with van der Waals surface area (Å²) < 4.78 is 0.